The van der Waals surface area contributed by atoms with E-state index in [0.29, 0.717) is 17.9 Å². The van der Waals surface area contributed by atoms with Crippen molar-refractivity contribution in [2.24, 2.45) is 5.73 Å². The predicted octanol–water partition coefficient (Wildman–Crippen LogP) is 0.494. The van der Waals surface area contributed by atoms with Crippen molar-refractivity contribution in [2.75, 3.05) is 19.7 Å². The Kier molecular flexibility index (Phi) is 6.66. The molecule has 0 aliphatic rings. The summed E-state index contributed by atoms with van der Waals surface area (Å²) in [6.07, 6.45) is -0.734. The average Bonchev–Trinajstić information content (AvgIpc) is 2.44. The van der Waals surface area contributed by atoms with E-state index in [4.69, 9.17) is 15.7 Å². The zero-order valence-corrected chi connectivity index (χ0v) is 12.3. The number of nitrogens with zero attached hydrogens (tertiary/aromatic N) is 2. The van der Waals surface area contributed by atoms with E-state index in [2.05, 4.69) is 0 Å². The minimum absolute atomic E-state index is 0.0991. The van der Waals surface area contributed by atoms with E-state index in [-0.39, 0.29) is 19.2 Å². The Labute approximate surface area is 124 Å². The lowest BCUT2D eigenvalue weighted by Gasteiger charge is -2.27. The molecule has 0 radical (unpaired) electrons. The highest BCUT2D eigenvalue weighted by Gasteiger charge is 2.17. The summed E-state index contributed by atoms with van der Waals surface area (Å²) >= 11 is 0. The fourth-order valence-corrected chi connectivity index (χ4v) is 1.80. The Morgan fingerprint density at radius 3 is 2.52 bits per heavy atom. The zero-order chi connectivity index (χ0) is 15.8. The Morgan fingerprint density at radius 2 is 2.05 bits per heavy atom. The maximum atomic E-state index is 11.0. The summed E-state index contributed by atoms with van der Waals surface area (Å²) in [7, 11) is 0. The number of nitriles is 1. The number of benzene rings is 1. The lowest BCUT2D eigenvalue weighted by atomic mass is 10.2. The van der Waals surface area contributed by atoms with E-state index < -0.39 is 12.0 Å². The Balaban J connectivity index is 2.46. The molecule has 0 saturated carbocycles. The van der Waals surface area contributed by atoms with Gasteiger partial charge in [-0.3, -0.25) is 9.69 Å². The van der Waals surface area contributed by atoms with Crippen molar-refractivity contribution in [1.29, 1.82) is 5.26 Å². The van der Waals surface area contributed by atoms with Gasteiger partial charge in [0.2, 0.25) is 5.91 Å². The van der Waals surface area contributed by atoms with Crippen LogP contribution in [0.4, 0.5) is 0 Å². The molecule has 114 valence electrons. The van der Waals surface area contributed by atoms with Crippen LogP contribution in [0.2, 0.25) is 0 Å². The molecule has 1 unspecified atom stereocenters. The van der Waals surface area contributed by atoms with Crippen molar-refractivity contribution in [3.8, 4) is 11.8 Å². The number of amides is 1. The Morgan fingerprint density at radius 1 is 1.43 bits per heavy atom. The summed E-state index contributed by atoms with van der Waals surface area (Å²) in [4.78, 5) is 12.8. The van der Waals surface area contributed by atoms with Crippen molar-refractivity contribution in [3.05, 3.63) is 29.8 Å². The minimum atomic E-state index is -0.734. The lowest BCUT2D eigenvalue weighted by molar-refractivity contribution is -0.120. The molecule has 6 heteroatoms. The lowest BCUT2D eigenvalue weighted by Crippen LogP contribution is -2.44. The van der Waals surface area contributed by atoms with Crippen LogP contribution in [0.5, 0.6) is 5.75 Å². The van der Waals surface area contributed by atoms with Gasteiger partial charge < -0.3 is 15.6 Å². The molecule has 0 bridgehead atoms. The quantitative estimate of drug-likeness (QED) is 0.726. The van der Waals surface area contributed by atoms with Crippen LogP contribution >= 0.6 is 0 Å². The number of primary amides is 1. The molecule has 6 nitrogen and oxygen atoms in total. The van der Waals surface area contributed by atoms with Gasteiger partial charge in [0, 0.05) is 12.6 Å². The van der Waals surface area contributed by atoms with E-state index in [0.717, 1.165) is 0 Å². The number of aliphatic hydroxyl groups excluding tert-OH is 1. The molecule has 0 aromatic heterocycles. The number of nitrogens with two attached hydrogens (primary N) is 1. The van der Waals surface area contributed by atoms with Crippen molar-refractivity contribution in [3.63, 3.8) is 0 Å². The van der Waals surface area contributed by atoms with Crippen LogP contribution in [-0.4, -0.2) is 47.8 Å². The van der Waals surface area contributed by atoms with Crippen molar-refractivity contribution >= 4 is 5.91 Å². The minimum Gasteiger partial charge on any atom is -0.491 e. The molecule has 0 aliphatic heterocycles. The van der Waals surface area contributed by atoms with Gasteiger partial charge in [-0.05, 0) is 38.1 Å². The van der Waals surface area contributed by atoms with Gasteiger partial charge in [-0.2, -0.15) is 5.26 Å². The largest absolute Gasteiger partial charge is 0.491 e. The van der Waals surface area contributed by atoms with Gasteiger partial charge in [0.1, 0.15) is 18.5 Å². The number of rotatable bonds is 8. The van der Waals surface area contributed by atoms with Crippen molar-refractivity contribution in [1.82, 2.24) is 4.90 Å². The summed E-state index contributed by atoms with van der Waals surface area (Å²) in [5, 5.41) is 18.7. The van der Waals surface area contributed by atoms with Crippen LogP contribution in [0.1, 0.15) is 19.4 Å². The molecule has 1 atom stereocenters. The van der Waals surface area contributed by atoms with Gasteiger partial charge in [0.25, 0.3) is 0 Å². The summed E-state index contributed by atoms with van der Waals surface area (Å²) in [5.74, 6) is 0.156. The SMILES string of the molecule is CC(C)N(CC(N)=O)CC(O)COc1ccc(C#N)cc1. The van der Waals surface area contributed by atoms with E-state index in [1.54, 1.807) is 29.2 Å². The number of aliphatic hydroxyl groups is 1. The number of carbonyl (C=O) groups excluding carboxylic acids is 1. The molecule has 0 saturated heterocycles. The standard InChI is InChI=1S/C15H21N3O3/c1-11(2)18(9-15(17)20)8-13(19)10-21-14-5-3-12(7-16)4-6-14/h3-6,11,13,19H,8-10H2,1-2H3,(H2,17,20). The summed E-state index contributed by atoms with van der Waals surface area (Å²) in [5.41, 5.74) is 5.73. The van der Waals surface area contributed by atoms with Gasteiger partial charge >= 0.3 is 0 Å². The number of ether oxygens (including phenoxy) is 1. The first-order valence-electron chi connectivity index (χ1n) is 6.75. The number of hydrogen-bond acceptors (Lipinski definition) is 5. The molecule has 0 heterocycles. The predicted molar refractivity (Wildman–Crippen MR) is 78.6 cm³/mol. The van der Waals surface area contributed by atoms with Crippen molar-refractivity contribution in [2.45, 2.75) is 26.0 Å². The average molecular weight is 291 g/mol. The topological polar surface area (TPSA) is 99.6 Å². The van der Waals surface area contributed by atoms with E-state index in [9.17, 15) is 9.90 Å². The summed E-state index contributed by atoms with van der Waals surface area (Å²) in [6.45, 7) is 4.37. The van der Waals surface area contributed by atoms with Crippen LogP contribution < -0.4 is 10.5 Å². The highest BCUT2D eigenvalue weighted by Crippen LogP contribution is 2.12. The molecule has 1 rings (SSSR count). The summed E-state index contributed by atoms with van der Waals surface area (Å²) in [6, 6.07) is 8.77. The second-order valence-corrected chi connectivity index (χ2v) is 5.09. The third kappa shape index (κ3) is 6.25. The van der Waals surface area contributed by atoms with Crippen LogP contribution in [-0.2, 0) is 4.79 Å². The second kappa shape index (κ2) is 8.25. The molecular formula is C15H21N3O3. The number of hydrogen-bond donors (Lipinski definition) is 2. The van der Waals surface area contributed by atoms with Crippen LogP contribution in [0, 0.1) is 11.3 Å². The Bertz CT molecular complexity index is 494. The third-order valence-corrected chi connectivity index (χ3v) is 2.96. The molecule has 1 amide bonds. The highest BCUT2D eigenvalue weighted by molar-refractivity contribution is 5.75. The first-order valence-corrected chi connectivity index (χ1v) is 6.75. The molecule has 1 aromatic carbocycles. The van der Waals surface area contributed by atoms with Gasteiger partial charge in [-0.15, -0.1) is 0 Å². The van der Waals surface area contributed by atoms with Crippen LogP contribution in [0.15, 0.2) is 24.3 Å². The second-order valence-electron chi connectivity index (χ2n) is 5.09. The fraction of sp³-hybridized carbons (Fsp3) is 0.467. The molecule has 0 fully saturated rings. The number of carbonyl (C=O) groups is 1. The monoisotopic (exact) mass is 291 g/mol. The van der Waals surface area contributed by atoms with Gasteiger partial charge in [-0.25, -0.2) is 0 Å². The van der Waals surface area contributed by atoms with Gasteiger partial charge in [0.15, 0.2) is 0 Å². The molecule has 3 N–H and O–H groups in total. The van der Waals surface area contributed by atoms with E-state index >= 15 is 0 Å². The first kappa shape index (κ1) is 17.0. The zero-order valence-electron chi connectivity index (χ0n) is 12.3. The van der Waals surface area contributed by atoms with Gasteiger partial charge in [-0.1, -0.05) is 0 Å². The normalized spacial score (nSPS) is 12.2. The Hall–Kier alpha value is -2.10. The van der Waals surface area contributed by atoms with Crippen LogP contribution in [0.3, 0.4) is 0 Å². The molecule has 21 heavy (non-hydrogen) atoms. The molecule has 0 spiro atoms. The third-order valence-electron chi connectivity index (χ3n) is 2.96. The summed E-state index contributed by atoms with van der Waals surface area (Å²) < 4.78 is 5.45. The fourth-order valence-electron chi connectivity index (χ4n) is 1.80. The van der Waals surface area contributed by atoms with E-state index in [1.807, 2.05) is 19.9 Å². The maximum absolute atomic E-state index is 11.0. The first-order chi connectivity index (χ1) is 9.92. The van der Waals surface area contributed by atoms with Gasteiger partial charge in [0.05, 0.1) is 18.2 Å². The smallest absolute Gasteiger partial charge is 0.231 e. The van der Waals surface area contributed by atoms with Crippen LogP contribution in [0.25, 0.3) is 0 Å². The highest BCUT2D eigenvalue weighted by atomic mass is 16.5. The van der Waals surface area contributed by atoms with E-state index in [1.165, 1.54) is 0 Å². The molecule has 0 aliphatic carbocycles. The molecule has 1 aromatic rings. The van der Waals surface area contributed by atoms with Crippen molar-refractivity contribution < 1.29 is 14.6 Å². The maximum Gasteiger partial charge on any atom is 0.231 e. The molecular weight excluding hydrogens is 270 g/mol.